The van der Waals surface area contributed by atoms with E-state index in [2.05, 4.69) is 31.0 Å². The molecular weight excluding hydrogens is 236 g/mol. The molecule has 1 amide bonds. The van der Waals surface area contributed by atoms with Gasteiger partial charge in [-0.2, -0.15) is 0 Å². The first-order valence-corrected chi connectivity index (χ1v) is 8.12. The summed E-state index contributed by atoms with van der Waals surface area (Å²) < 4.78 is 0. The van der Waals surface area contributed by atoms with E-state index in [1.807, 2.05) is 6.92 Å². The summed E-state index contributed by atoms with van der Waals surface area (Å²) >= 11 is 0. The Kier molecular flexibility index (Phi) is 4.88. The van der Waals surface area contributed by atoms with Crippen LogP contribution in [0.4, 0.5) is 0 Å². The van der Waals surface area contributed by atoms with Crippen molar-refractivity contribution < 1.29 is 4.79 Å². The van der Waals surface area contributed by atoms with Gasteiger partial charge in [0.1, 0.15) is 0 Å². The molecular formula is C16H30N2O. The molecule has 2 atom stereocenters. The van der Waals surface area contributed by atoms with Crippen LogP contribution in [0.5, 0.6) is 0 Å². The largest absolute Gasteiger partial charge is 0.323 e. The Balaban J connectivity index is 1.98. The molecule has 2 aliphatic rings. The van der Waals surface area contributed by atoms with E-state index in [4.69, 9.17) is 0 Å². The molecule has 0 aromatic rings. The lowest BCUT2D eigenvalue weighted by molar-refractivity contribution is -0.133. The molecule has 0 aromatic heterocycles. The van der Waals surface area contributed by atoms with Crippen LogP contribution in [0.3, 0.4) is 0 Å². The highest BCUT2D eigenvalue weighted by Gasteiger charge is 2.42. The van der Waals surface area contributed by atoms with Gasteiger partial charge in [-0.25, -0.2) is 0 Å². The first-order valence-electron chi connectivity index (χ1n) is 8.12. The zero-order valence-corrected chi connectivity index (χ0v) is 13.0. The minimum absolute atomic E-state index is 0.000709. The van der Waals surface area contributed by atoms with Gasteiger partial charge in [0, 0.05) is 6.04 Å². The Bertz CT molecular complexity index is 308. The van der Waals surface area contributed by atoms with Gasteiger partial charge in [-0.15, -0.1) is 0 Å². The molecule has 0 aromatic carbocycles. The number of carbonyl (C=O) groups excluding carboxylic acids is 1. The molecule has 110 valence electrons. The topological polar surface area (TPSA) is 32.3 Å². The predicted molar refractivity (Wildman–Crippen MR) is 78.7 cm³/mol. The van der Waals surface area contributed by atoms with Crippen molar-refractivity contribution in [1.82, 2.24) is 10.2 Å². The van der Waals surface area contributed by atoms with E-state index < -0.39 is 0 Å². The molecule has 19 heavy (non-hydrogen) atoms. The maximum atomic E-state index is 12.4. The van der Waals surface area contributed by atoms with Crippen LogP contribution in [-0.4, -0.2) is 29.1 Å². The van der Waals surface area contributed by atoms with Gasteiger partial charge in [0.15, 0.2) is 0 Å². The molecule has 0 radical (unpaired) electrons. The van der Waals surface area contributed by atoms with Crippen LogP contribution in [0.25, 0.3) is 0 Å². The Morgan fingerprint density at radius 3 is 2.42 bits per heavy atom. The maximum absolute atomic E-state index is 12.4. The minimum atomic E-state index is 0.000709. The Labute approximate surface area is 118 Å². The van der Waals surface area contributed by atoms with Crippen LogP contribution in [0.2, 0.25) is 0 Å². The Morgan fingerprint density at radius 2 is 1.89 bits per heavy atom. The molecule has 2 rings (SSSR count). The van der Waals surface area contributed by atoms with E-state index in [-0.39, 0.29) is 12.2 Å². The molecule has 1 saturated heterocycles. The molecule has 1 aliphatic carbocycles. The normalized spacial score (nSPS) is 36.3. The average Bonchev–Trinajstić information content (AvgIpc) is 2.68. The second-order valence-corrected chi connectivity index (χ2v) is 6.79. The van der Waals surface area contributed by atoms with Gasteiger partial charge < -0.3 is 4.90 Å². The maximum Gasteiger partial charge on any atom is 0.240 e. The number of carbonyl (C=O) groups is 1. The summed E-state index contributed by atoms with van der Waals surface area (Å²) in [6.07, 6.45) is 7.93. The van der Waals surface area contributed by atoms with E-state index >= 15 is 0 Å². The third kappa shape index (κ3) is 3.13. The minimum Gasteiger partial charge on any atom is -0.323 e. The summed E-state index contributed by atoms with van der Waals surface area (Å²) in [6.45, 7) is 8.69. The summed E-state index contributed by atoms with van der Waals surface area (Å²) in [5.74, 6) is 1.71. The van der Waals surface area contributed by atoms with E-state index in [1.165, 1.54) is 38.5 Å². The van der Waals surface area contributed by atoms with Gasteiger partial charge in [-0.1, -0.05) is 33.6 Å². The van der Waals surface area contributed by atoms with Crippen molar-refractivity contribution in [3.8, 4) is 0 Å². The number of nitrogens with one attached hydrogen (secondary N) is 1. The third-order valence-electron chi connectivity index (χ3n) is 4.88. The van der Waals surface area contributed by atoms with Crippen molar-refractivity contribution >= 4 is 5.91 Å². The summed E-state index contributed by atoms with van der Waals surface area (Å²) in [5, 5.41) is 3.46. The third-order valence-corrected chi connectivity index (χ3v) is 4.88. The molecule has 1 heterocycles. The second kappa shape index (κ2) is 6.25. The van der Waals surface area contributed by atoms with Crippen molar-refractivity contribution in [3.05, 3.63) is 0 Å². The molecule has 1 saturated carbocycles. The van der Waals surface area contributed by atoms with E-state index in [0.29, 0.717) is 17.9 Å². The highest BCUT2D eigenvalue weighted by Crippen LogP contribution is 2.33. The standard InChI is InChI=1S/C16H30N2O/c1-5-6-13-7-9-14(10-8-13)18-15(11(2)3)17-12(4)16(18)19/h11-15,17H,5-10H2,1-4H3. The molecule has 3 nitrogen and oxygen atoms in total. The highest BCUT2D eigenvalue weighted by atomic mass is 16.2. The fourth-order valence-corrected chi connectivity index (χ4v) is 3.81. The summed E-state index contributed by atoms with van der Waals surface area (Å²) in [5.41, 5.74) is 0. The average molecular weight is 266 g/mol. The van der Waals surface area contributed by atoms with E-state index in [9.17, 15) is 4.79 Å². The van der Waals surface area contributed by atoms with Crippen molar-refractivity contribution in [2.45, 2.75) is 84.5 Å². The van der Waals surface area contributed by atoms with Gasteiger partial charge in [-0.05, 0) is 44.4 Å². The molecule has 0 bridgehead atoms. The lowest BCUT2D eigenvalue weighted by Crippen LogP contribution is -2.48. The SMILES string of the molecule is CCCC1CCC(N2C(=O)C(C)NC2C(C)C)CC1. The lowest BCUT2D eigenvalue weighted by atomic mass is 9.82. The lowest BCUT2D eigenvalue weighted by Gasteiger charge is -2.39. The molecule has 3 heteroatoms. The first-order chi connectivity index (χ1) is 9.04. The summed E-state index contributed by atoms with van der Waals surface area (Å²) in [6, 6.07) is 0.478. The summed E-state index contributed by atoms with van der Waals surface area (Å²) in [4.78, 5) is 14.6. The predicted octanol–water partition coefficient (Wildman–Crippen LogP) is 3.15. The van der Waals surface area contributed by atoms with Gasteiger partial charge in [0.2, 0.25) is 5.91 Å². The Hall–Kier alpha value is -0.570. The van der Waals surface area contributed by atoms with Gasteiger partial charge in [0.25, 0.3) is 0 Å². The van der Waals surface area contributed by atoms with Crippen LogP contribution in [0.15, 0.2) is 0 Å². The zero-order valence-electron chi connectivity index (χ0n) is 13.0. The van der Waals surface area contributed by atoms with E-state index in [1.54, 1.807) is 0 Å². The Morgan fingerprint density at radius 1 is 1.26 bits per heavy atom. The monoisotopic (exact) mass is 266 g/mol. The van der Waals surface area contributed by atoms with E-state index in [0.717, 1.165) is 5.92 Å². The number of amides is 1. The quantitative estimate of drug-likeness (QED) is 0.848. The van der Waals surface area contributed by atoms with Crippen LogP contribution < -0.4 is 5.32 Å². The number of nitrogens with zero attached hydrogens (tertiary/aromatic N) is 1. The molecule has 1 N–H and O–H groups in total. The van der Waals surface area contributed by atoms with Crippen LogP contribution in [0, 0.1) is 11.8 Å². The van der Waals surface area contributed by atoms with Crippen molar-refractivity contribution in [2.24, 2.45) is 11.8 Å². The van der Waals surface area contributed by atoms with Crippen LogP contribution in [0.1, 0.15) is 66.2 Å². The van der Waals surface area contributed by atoms with Crippen LogP contribution in [-0.2, 0) is 4.79 Å². The molecule has 2 fully saturated rings. The smallest absolute Gasteiger partial charge is 0.240 e. The second-order valence-electron chi connectivity index (χ2n) is 6.79. The molecule has 2 unspecified atom stereocenters. The van der Waals surface area contributed by atoms with Crippen molar-refractivity contribution in [3.63, 3.8) is 0 Å². The van der Waals surface area contributed by atoms with Crippen molar-refractivity contribution in [2.75, 3.05) is 0 Å². The highest BCUT2D eigenvalue weighted by molar-refractivity contribution is 5.84. The first kappa shape index (κ1) is 14.8. The van der Waals surface area contributed by atoms with Gasteiger partial charge in [-0.3, -0.25) is 10.1 Å². The fraction of sp³-hybridized carbons (Fsp3) is 0.938. The van der Waals surface area contributed by atoms with Crippen LogP contribution >= 0.6 is 0 Å². The molecule has 0 spiro atoms. The number of hydrogen-bond acceptors (Lipinski definition) is 2. The van der Waals surface area contributed by atoms with Gasteiger partial charge in [0.05, 0.1) is 12.2 Å². The van der Waals surface area contributed by atoms with Gasteiger partial charge >= 0.3 is 0 Å². The van der Waals surface area contributed by atoms with Crippen molar-refractivity contribution in [1.29, 1.82) is 0 Å². The number of hydrogen-bond donors (Lipinski definition) is 1. The fourth-order valence-electron chi connectivity index (χ4n) is 3.81. The molecule has 1 aliphatic heterocycles. The summed E-state index contributed by atoms with van der Waals surface area (Å²) in [7, 11) is 0. The number of rotatable bonds is 4. The zero-order chi connectivity index (χ0) is 14.0.